The molecule has 4 heteroatoms. The minimum absolute atomic E-state index is 0.0711. The summed E-state index contributed by atoms with van der Waals surface area (Å²) in [5.41, 5.74) is 2.48. The number of likely N-dealkylation sites (tertiary alicyclic amines) is 1. The fourth-order valence-corrected chi connectivity index (χ4v) is 4.60. The maximum atomic E-state index is 13.7. The molecule has 0 radical (unpaired) electrons. The van der Waals surface area contributed by atoms with Crippen LogP contribution in [0.15, 0.2) is 48.5 Å². The normalized spacial score (nSPS) is 19.5. The van der Waals surface area contributed by atoms with E-state index in [0.717, 1.165) is 49.6 Å². The quantitative estimate of drug-likeness (QED) is 0.715. The van der Waals surface area contributed by atoms with Crippen molar-refractivity contribution in [1.82, 2.24) is 4.90 Å². The highest BCUT2D eigenvalue weighted by Gasteiger charge is 2.46. The van der Waals surface area contributed by atoms with Gasteiger partial charge >= 0.3 is 0 Å². The molecule has 26 heavy (non-hydrogen) atoms. The largest absolute Gasteiger partial charge is 0.366 e. The van der Waals surface area contributed by atoms with Gasteiger partial charge in [0.25, 0.3) is 0 Å². The van der Waals surface area contributed by atoms with Crippen molar-refractivity contribution in [2.75, 3.05) is 31.1 Å². The molecule has 2 aliphatic rings. The number of piperidine rings is 1. The molecule has 1 spiro atoms. The van der Waals surface area contributed by atoms with E-state index in [-0.39, 0.29) is 5.82 Å². The summed E-state index contributed by atoms with van der Waals surface area (Å²) < 4.78 is 13.7. The Hall–Kier alpha value is -1.58. The molecule has 0 unspecified atom stereocenters. The van der Waals surface area contributed by atoms with Gasteiger partial charge in [-0.25, -0.2) is 4.39 Å². The first kappa shape index (κ1) is 17.8. The van der Waals surface area contributed by atoms with Gasteiger partial charge < -0.3 is 9.80 Å². The SMILES string of the molecule is Fc1ccccc1CCCN1CCC2(CC1)CCN2c1ccc(Cl)cc1. The molecule has 0 aliphatic carbocycles. The minimum atomic E-state index is -0.0711. The number of nitrogens with zero attached hydrogens (tertiary/aromatic N) is 2. The average Bonchev–Trinajstić information content (AvgIpc) is 2.65. The van der Waals surface area contributed by atoms with Crippen LogP contribution in [0.2, 0.25) is 5.02 Å². The summed E-state index contributed by atoms with van der Waals surface area (Å²) in [5, 5.41) is 0.799. The van der Waals surface area contributed by atoms with E-state index in [1.807, 2.05) is 24.3 Å². The van der Waals surface area contributed by atoms with Crippen LogP contribution >= 0.6 is 11.6 Å². The van der Waals surface area contributed by atoms with Crippen LogP contribution in [-0.4, -0.2) is 36.6 Å². The van der Waals surface area contributed by atoms with Gasteiger partial charge in [0.2, 0.25) is 0 Å². The highest BCUT2D eigenvalue weighted by molar-refractivity contribution is 6.30. The maximum absolute atomic E-state index is 13.7. The van der Waals surface area contributed by atoms with Crippen LogP contribution < -0.4 is 4.90 Å². The minimum Gasteiger partial charge on any atom is -0.366 e. The van der Waals surface area contributed by atoms with Crippen molar-refractivity contribution in [2.45, 2.75) is 37.6 Å². The third-order valence-electron chi connectivity index (χ3n) is 6.18. The van der Waals surface area contributed by atoms with Gasteiger partial charge in [0, 0.05) is 35.9 Å². The number of hydrogen-bond acceptors (Lipinski definition) is 2. The lowest BCUT2D eigenvalue weighted by molar-refractivity contribution is 0.116. The lowest BCUT2D eigenvalue weighted by atomic mass is 9.76. The Morgan fingerprint density at radius 3 is 2.27 bits per heavy atom. The first-order chi connectivity index (χ1) is 12.7. The maximum Gasteiger partial charge on any atom is 0.126 e. The predicted octanol–water partition coefficient (Wildman–Crippen LogP) is 5.16. The highest BCUT2D eigenvalue weighted by atomic mass is 35.5. The number of benzene rings is 2. The predicted molar refractivity (Wildman–Crippen MR) is 107 cm³/mol. The molecule has 0 aromatic heterocycles. The summed E-state index contributed by atoms with van der Waals surface area (Å²) in [7, 11) is 0. The van der Waals surface area contributed by atoms with E-state index in [1.54, 1.807) is 12.1 Å². The Labute approximate surface area is 160 Å². The lowest BCUT2D eigenvalue weighted by Crippen LogP contribution is -2.64. The second-order valence-electron chi connectivity index (χ2n) is 7.64. The molecule has 0 amide bonds. The van der Waals surface area contributed by atoms with Crippen LogP contribution in [0.1, 0.15) is 31.2 Å². The van der Waals surface area contributed by atoms with Gasteiger partial charge in [-0.1, -0.05) is 29.8 Å². The molecule has 2 nitrogen and oxygen atoms in total. The number of rotatable bonds is 5. The molecule has 2 aliphatic heterocycles. The van der Waals surface area contributed by atoms with E-state index in [4.69, 9.17) is 11.6 Å². The summed E-state index contributed by atoms with van der Waals surface area (Å²) >= 11 is 6.03. The van der Waals surface area contributed by atoms with E-state index in [9.17, 15) is 4.39 Å². The summed E-state index contributed by atoms with van der Waals surface area (Å²) in [6.45, 7) is 4.49. The van der Waals surface area contributed by atoms with Gasteiger partial charge in [0.1, 0.15) is 5.82 Å². The Bertz CT molecular complexity index is 738. The summed E-state index contributed by atoms with van der Waals surface area (Å²) in [4.78, 5) is 5.12. The van der Waals surface area contributed by atoms with Crippen molar-refractivity contribution in [1.29, 1.82) is 0 Å². The van der Waals surface area contributed by atoms with Crippen molar-refractivity contribution in [3.05, 3.63) is 64.9 Å². The average molecular weight is 373 g/mol. The highest BCUT2D eigenvalue weighted by Crippen LogP contribution is 2.43. The number of halogens is 2. The van der Waals surface area contributed by atoms with Gasteiger partial charge in [-0.3, -0.25) is 0 Å². The third kappa shape index (κ3) is 3.60. The molecule has 4 rings (SSSR count). The molecular weight excluding hydrogens is 347 g/mol. The second kappa shape index (κ2) is 7.58. The Balaban J connectivity index is 1.27. The van der Waals surface area contributed by atoms with Gasteiger partial charge in [0.15, 0.2) is 0 Å². The zero-order chi connectivity index (χ0) is 18.0. The summed E-state index contributed by atoms with van der Waals surface area (Å²) in [5.74, 6) is -0.0711. The smallest absolute Gasteiger partial charge is 0.126 e. The van der Waals surface area contributed by atoms with E-state index in [1.165, 1.54) is 24.9 Å². The Morgan fingerprint density at radius 2 is 1.62 bits per heavy atom. The van der Waals surface area contributed by atoms with E-state index in [2.05, 4.69) is 21.9 Å². The molecule has 0 atom stereocenters. The third-order valence-corrected chi connectivity index (χ3v) is 6.43. The van der Waals surface area contributed by atoms with Crippen LogP contribution in [0.5, 0.6) is 0 Å². The molecule has 0 bridgehead atoms. The van der Waals surface area contributed by atoms with Gasteiger partial charge in [-0.2, -0.15) is 0 Å². The second-order valence-corrected chi connectivity index (χ2v) is 8.08. The van der Waals surface area contributed by atoms with Crippen LogP contribution in [0, 0.1) is 5.82 Å². The molecular formula is C22H26ClFN2. The first-order valence-electron chi connectivity index (χ1n) is 9.65. The van der Waals surface area contributed by atoms with Crippen molar-refractivity contribution in [3.8, 4) is 0 Å². The van der Waals surface area contributed by atoms with Crippen LogP contribution in [0.25, 0.3) is 0 Å². The van der Waals surface area contributed by atoms with Crippen molar-refractivity contribution in [2.24, 2.45) is 0 Å². The standard InChI is InChI=1S/C22H26ClFN2/c23-19-7-9-20(10-8-19)26-17-13-22(26)11-15-25(16-12-22)14-3-5-18-4-1-2-6-21(18)24/h1-2,4,6-10H,3,5,11-17H2. The summed E-state index contributed by atoms with van der Waals surface area (Å²) in [6, 6.07) is 15.4. The molecule has 0 saturated carbocycles. The molecule has 2 fully saturated rings. The summed E-state index contributed by atoms with van der Waals surface area (Å²) in [6.07, 6.45) is 5.57. The lowest BCUT2D eigenvalue weighted by Gasteiger charge is -2.58. The van der Waals surface area contributed by atoms with Crippen LogP contribution in [0.4, 0.5) is 10.1 Å². The topological polar surface area (TPSA) is 6.48 Å². The first-order valence-corrected chi connectivity index (χ1v) is 10.0. The number of hydrogen-bond donors (Lipinski definition) is 0. The van der Waals surface area contributed by atoms with E-state index >= 15 is 0 Å². The monoisotopic (exact) mass is 372 g/mol. The van der Waals surface area contributed by atoms with E-state index < -0.39 is 0 Å². The fraction of sp³-hybridized carbons (Fsp3) is 0.455. The molecule has 2 aromatic rings. The molecule has 2 heterocycles. The van der Waals surface area contributed by atoms with Gasteiger partial charge in [0.05, 0.1) is 0 Å². The van der Waals surface area contributed by atoms with Gasteiger partial charge in [-0.15, -0.1) is 0 Å². The van der Waals surface area contributed by atoms with Crippen LogP contribution in [-0.2, 0) is 6.42 Å². The molecule has 0 N–H and O–H groups in total. The van der Waals surface area contributed by atoms with Crippen molar-refractivity contribution >= 4 is 17.3 Å². The van der Waals surface area contributed by atoms with Crippen molar-refractivity contribution in [3.63, 3.8) is 0 Å². The molecule has 138 valence electrons. The number of anilines is 1. The van der Waals surface area contributed by atoms with Crippen molar-refractivity contribution < 1.29 is 4.39 Å². The fourth-order valence-electron chi connectivity index (χ4n) is 4.47. The molecule has 2 saturated heterocycles. The number of aryl methyl sites for hydroxylation is 1. The van der Waals surface area contributed by atoms with Crippen LogP contribution in [0.3, 0.4) is 0 Å². The zero-order valence-corrected chi connectivity index (χ0v) is 15.9. The molecule has 2 aromatic carbocycles. The Morgan fingerprint density at radius 1 is 0.923 bits per heavy atom. The Kier molecular flexibility index (Phi) is 5.19. The van der Waals surface area contributed by atoms with E-state index in [0.29, 0.717) is 5.54 Å². The zero-order valence-electron chi connectivity index (χ0n) is 15.1. The van der Waals surface area contributed by atoms with Gasteiger partial charge in [-0.05, 0) is 74.5 Å².